The van der Waals surface area contributed by atoms with Crippen LogP contribution < -0.4 is 5.32 Å². The van der Waals surface area contributed by atoms with Gasteiger partial charge in [-0.1, -0.05) is 6.07 Å². The van der Waals surface area contributed by atoms with Crippen LogP contribution in [0.1, 0.15) is 12.0 Å². The summed E-state index contributed by atoms with van der Waals surface area (Å²) in [6, 6.07) is 3.61. The Bertz CT molecular complexity index is 305. The van der Waals surface area contributed by atoms with Gasteiger partial charge in [-0.2, -0.15) is 0 Å². The maximum Gasteiger partial charge on any atom is 0.130 e. The summed E-state index contributed by atoms with van der Waals surface area (Å²) in [6.07, 6.45) is 0.874. The number of hydrogen-bond acceptors (Lipinski definition) is 2. The van der Waals surface area contributed by atoms with Crippen LogP contribution in [0.2, 0.25) is 0 Å². The number of methoxy groups -OCH3 is 1. The molecule has 0 aliphatic heterocycles. The van der Waals surface area contributed by atoms with Gasteiger partial charge in [0.15, 0.2) is 0 Å². The monoisotopic (exact) mass is 215 g/mol. The first-order chi connectivity index (χ1) is 7.24. The molecule has 0 bridgehead atoms. The largest absolute Gasteiger partial charge is 0.385 e. The van der Waals surface area contributed by atoms with Crippen LogP contribution in [-0.4, -0.2) is 20.3 Å². The smallest absolute Gasteiger partial charge is 0.130 e. The van der Waals surface area contributed by atoms with E-state index in [0.29, 0.717) is 18.7 Å². The Morgan fingerprint density at radius 2 is 2.13 bits per heavy atom. The van der Waals surface area contributed by atoms with Gasteiger partial charge in [-0.3, -0.25) is 0 Å². The number of hydrogen-bond donors (Lipinski definition) is 1. The fourth-order valence-corrected chi connectivity index (χ4v) is 1.23. The van der Waals surface area contributed by atoms with E-state index in [1.807, 2.05) is 0 Å². The zero-order valence-electron chi connectivity index (χ0n) is 8.72. The highest BCUT2D eigenvalue weighted by Gasteiger charge is 2.02. The molecular weight excluding hydrogens is 200 g/mol. The zero-order chi connectivity index (χ0) is 11.1. The number of rotatable bonds is 6. The molecule has 0 atom stereocenters. The Morgan fingerprint density at radius 3 is 2.80 bits per heavy atom. The lowest BCUT2D eigenvalue weighted by Gasteiger charge is -2.05. The van der Waals surface area contributed by atoms with Gasteiger partial charge in [0, 0.05) is 31.9 Å². The van der Waals surface area contributed by atoms with Crippen molar-refractivity contribution in [1.82, 2.24) is 5.32 Å². The molecule has 0 saturated heterocycles. The van der Waals surface area contributed by atoms with Crippen LogP contribution in [0.4, 0.5) is 8.78 Å². The third-order valence-electron chi connectivity index (χ3n) is 2.03. The maximum atomic E-state index is 13.1. The Kier molecular flexibility index (Phi) is 5.21. The fourth-order valence-electron chi connectivity index (χ4n) is 1.23. The molecule has 1 aromatic carbocycles. The summed E-state index contributed by atoms with van der Waals surface area (Å²) in [5.74, 6) is -1.05. The molecule has 2 nitrogen and oxygen atoms in total. The van der Waals surface area contributed by atoms with E-state index in [0.717, 1.165) is 19.0 Å². The molecule has 0 saturated carbocycles. The molecule has 0 aromatic heterocycles. The van der Waals surface area contributed by atoms with Crippen LogP contribution in [0.3, 0.4) is 0 Å². The van der Waals surface area contributed by atoms with E-state index in [1.165, 1.54) is 12.1 Å². The van der Waals surface area contributed by atoms with Crippen LogP contribution in [0.5, 0.6) is 0 Å². The van der Waals surface area contributed by atoms with Crippen LogP contribution in [-0.2, 0) is 11.3 Å². The van der Waals surface area contributed by atoms with E-state index in [-0.39, 0.29) is 0 Å². The van der Waals surface area contributed by atoms with Crippen molar-refractivity contribution in [3.05, 3.63) is 35.4 Å². The summed E-state index contributed by atoms with van der Waals surface area (Å²) in [6.45, 7) is 1.85. The first kappa shape index (κ1) is 12.1. The predicted octanol–water partition coefficient (Wildman–Crippen LogP) is 2.09. The number of nitrogens with one attached hydrogen (secondary N) is 1. The van der Waals surface area contributed by atoms with Crippen LogP contribution in [0, 0.1) is 11.6 Å². The normalized spacial score (nSPS) is 10.6. The van der Waals surface area contributed by atoms with Gasteiger partial charge in [0.1, 0.15) is 11.6 Å². The molecule has 0 aliphatic carbocycles. The molecule has 0 radical (unpaired) electrons. The quantitative estimate of drug-likeness (QED) is 0.734. The molecule has 1 aromatic rings. The van der Waals surface area contributed by atoms with E-state index in [9.17, 15) is 8.78 Å². The topological polar surface area (TPSA) is 21.3 Å². The minimum Gasteiger partial charge on any atom is -0.385 e. The van der Waals surface area contributed by atoms with Gasteiger partial charge in [0.2, 0.25) is 0 Å². The lowest BCUT2D eigenvalue weighted by molar-refractivity contribution is 0.194. The number of benzene rings is 1. The van der Waals surface area contributed by atoms with E-state index in [1.54, 1.807) is 7.11 Å². The van der Waals surface area contributed by atoms with Gasteiger partial charge in [-0.05, 0) is 19.0 Å². The Balaban J connectivity index is 2.31. The van der Waals surface area contributed by atoms with E-state index in [4.69, 9.17) is 4.74 Å². The lowest BCUT2D eigenvalue weighted by Crippen LogP contribution is -2.16. The van der Waals surface area contributed by atoms with Crippen LogP contribution in [0.25, 0.3) is 0 Å². The minimum absolute atomic E-state index is 0.413. The van der Waals surface area contributed by atoms with E-state index in [2.05, 4.69) is 5.32 Å². The van der Waals surface area contributed by atoms with Crippen molar-refractivity contribution in [3.8, 4) is 0 Å². The number of ether oxygens (including phenoxy) is 1. The van der Waals surface area contributed by atoms with Gasteiger partial charge < -0.3 is 10.1 Å². The van der Waals surface area contributed by atoms with Crippen molar-refractivity contribution in [3.63, 3.8) is 0 Å². The van der Waals surface area contributed by atoms with E-state index >= 15 is 0 Å². The Morgan fingerprint density at radius 1 is 1.33 bits per heavy atom. The molecule has 0 unspecified atom stereocenters. The summed E-state index contributed by atoms with van der Waals surface area (Å²) in [5, 5.41) is 3.05. The average molecular weight is 215 g/mol. The van der Waals surface area contributed by atoms with Gasteiger partial charge in [-0.25, -0.2) is 8.78 Å². The Hall–Kier alpha value is -1.00. The average Bonchev–Trinajstić information content (AvgIpc) is 2.20. The van der Waals surface area contributed by atoms with Gasteiger partial charge in [0.25, 0.3) is 0 Å². The van der Waals surface area contributed by atoms with Gasteiger partial charge in [0.05, 0.1) is 0 Å². The van der Waals surface area contributed by atoms with Crippen molar-refractivity contribution >= 4 is 0 Å². The van der Waals surface area contributed by atoms with Crippen LogP contribution in [0.15, 0.2) is 18.2 Å². The molecule has 84 valence electrons. The first-order valence-corrected chi connectivity index (χ1v) is 4.87. The second-order valence-electron chi connectivity index (χ2n) is 3.26. The van der Waals surface area contributed by atoms with Crippen LogP contribution >= 0.6 is 0 Å². The summed E-state index contributed by atoms with van der Waals surface area (Å²) < 4.78 is 30.6. The highest BCUT2D eigenvalue weighted by molar-refractivity contribution is 5.18. The third-order valence-corrected chi connectivity index (χ3v) is 2.03. The predicted molar refractivity (Wildman–Crippen MR) is 54.6 cm³/mol. The standard InChI is InChI=1S/C11H15F2NO/c1-15-6-2-5-14-8-9-3-4-10(12)7-11(9)13/h3-4,7,14H,2,5-6,8H2,1H3. The summed E-state index contributed by atoms with van der Waals surface area (Å²) in [4.78, 5) is 0. The first-order valence-electron chi connectivity index (χ1n) is 4.87. The summed E-state index contributed by atoms with van der Waals surface area (Å²) in [5.41, 5.74) is 0.480. The second-order valence-corrected chi connectivity index (χ2v) is 3.26. The van der Waals surface area contributed by atoms with Crippen molar-refractivity contribution in [2.45, 2.75) is 13.0 Å². The molecule has 15 heavy (non-hydrogen) atoms. The van der Waals surface area contributed by atoms with Gasteiger partial charge >= 0.3 is 0 Å². The summed E-state index contributed by atoms with van der Waals surface area (Å²) in [7, 11) is 1.64. The lowest BCUT2D eigenvalue weighted by atomic mass is 10.2. The third kappa shape index (κ3) is 4.36. The Labute approximate surface area is 88.3 Å². The zero-order valence-corrected chi connectivity index (χ0v) is 8.72. The maximum absolute atomic E-state index is 13.1. The molecule has 0 fully saturated rings. The molecule has 4 heteroatoms. The minimum atomic E-state index is -0.546. The molecule has 0 aliphatic rings. The highest BCUT2D eigenvalue weighted by Crippen LogP contribution is 2.08. The molecule has 0 spiro atoms. The van der Waals surface area contributed by atoms with Gasteiger partial charge in [-0.15, -0.1) is 0 Å². The molecular formula is C11H15F2NO. The second kappa shape index (κ2) is 6.48. The highest BCUT2D eigenvalue weighted by atomic mass is 19.1. The number of halogens is 2. The fraction of sp³-hybridized carbons (Fsp3) is 0.455. The molecule has 1 rings (SSSR count). The van der Waals surface area contributed by atoms with E-state index < -0.39 is 11.6 Å². The van der Waals surface area contributed by atoms with Crippen molar-refractivity contribution in [1.29, 1.82) is 0 Å². The molecule has 0 amide bonds. The van der Waals surface area contributed by atoms with Crippen molar-refractivity contribution in [2.24, 2.45) is 0 Å². The van der Waals surface area contributed by atoms with Crippen molar-refractivity contribution < 1.29 is 13.5 Å². The molecule has 1 N–H and O–H groups in total. The molecule has 0 heterocycles. The summed E-state index contributed by atoms with van der Waals surface area (Å²) >= 11 is 0. The SMILES string of the molecule is COCCCNCc1ccc(F)cc1F. The van der Waals surface area contributed by atoms with Crippen molar-refractivity contribution in [2.75, 3.05) is 20.3 Å².